The van der Waals surface area contributed by atoms with E-state index in [9.17, 15) is 8.78 Å². The number of nitrogen functional groups attached to an aromatic ring is 1. The van der Waals surface area contributed by atoms with Crippen molar-refractivity contribution in [3.8, 4) is 16.9 Å². The maximum absolute atomic E-state index is 14.6. The van der Waals surface area contributed by atoms with Crippen LogP contribution < -0.4 is 10.6 Å². The van der Waals surface area contributed by atoms with E-state index in [0.29, 0.717) is 34.2 Å². The molecule has 0 unspecified atom stereocenters. The van der Waals surface area contributed by atoms with Crippen molar-refractivity contribution < 1.29 is 8.78 Å². The maximum Gasteiger partial charge on any atom is 0.227 e. The number of hydrogen-bond donors (Lipinski definition) is 1. The Labute approximate surface area is 170 Å². The van der Waals surface area contributed by atoms with E-state index in [1.807, 2.05) is 14.0 Å². The van der Waals surface area contributed by atoms with Crippen LogP contribution in [-0.4, -0.2) is 33.3 Å². The minimum atomic E-state index is -0.742. The second-order valence-corrected chi connectivity index (χ2v) is 6.92. The average Bonchev–Trinajstić information content (AvgIpc) is 3.04. The molecule has 2 aromatic carbocycles. The van der Waals surface area contributed by atoms with Gasteiger partial charge in [-0.3, -0.25) is 0 Å². The minimum Gasteiger partial charge on any atom is -0.383 e. The highest BCUT2D eigenvalue weighted by molar-refractivity contribution is 6.30. The van der Waals surface area contributed by atoms with Crippen molar-refractivity contribution >= 4 is 34.4 Å². The van der Waals surface area contributed by atoms with Crippen molar-refractivity contribution in [2.75, 3.05) is 24.2 Å². The Hall–Kier alpha value is -3.26. The summed E-state index contributed by atoms with van der Waals surface area (Å²) in [5.74, 6) is -0.813. The standard InChI is InChI=1S/C20H17ClF2N6/c1-3-28(2)20-25-17(14-9-6-12(22)10-15(14)23)16-18(24)29(27-19(16)26-20)13-7-4-11(21)5-8-13/h4-10H,3,24H2,1-2H3. The first-order valence-electron chi connectivity index (χ1n) is 8.87. The molecular formula is C20H17ClF2N6. The Kier molecular flexibility index (Phi) is 4.79. The molecule has 0 fully saturated rings. The molecule has 4 aromatic rings. The molecule has 0 bridgehead atoms. The Morgan fingerprint density at radius 1 is 1.10 bits per heavy atom. The number of nitrogens with two attached hydrogens (primary N) is 1. The fraction of sp³-hybridized carbons (Fsp3) is 0.150. The summed E-state index contributed by atoms with van der Waals surface area (Å²) in [7, 11) is 1.81. The monoisotopic (exact) mass is 414 g/mol. The van der Waals surface area contributed by atoms with Gasteiger partial charge in [0.2, 0.25) is 5.95 Å². The Balaban J connectivity index is 2.03. The van der Waals surface area contributed by atoms with E-state index in [-0.39, 0.29) is 17.1 Å². The number of fused-ring (bicyclic) bond motifs is 1. The number of rotatable bonds is 4. The smallest absolute Gasteiger partial charge is 0.227 e. The number of nitrogens with zero attached hydrogens (tertiary/aromatic N) is 5. The van der Waals surface area contributed by atoms with Gasteiger partial charge in [-0.2, -0.15) is 4.98 Å². The topological polar surface area (TPSA) is 72.9 Å². The lowest BCUT2D eigenvalue weighted by atomic mass is 10.1. The number of anilines is 2. The largest absolute Gasteiger partial charge is 0.383 e. The molecule has 6 nitrogen and oxygen atoms in total. The Morgan fingerprint density at radius 3 is 2.48 bits per heavy atom. The molecule has 2 N–H and O–H groups in total. The molecule has 0 radical (unpaired) electrons. The van der Waals surface area contributed by atoms with Crippen LogP contribution in [0.25, 0.3) is 28.0 Å². The van der Waals surface area contributed by atoms with E-state index in [2.05, 4.69) is 15.1 Å². The lowest BCUT2D eigenvalue weighted by molar-refractivity contribution is 0.585. The van der Waals surface area contributed by atoms with Crippen LogP contribution in [0.5, 0.6) is 0 Å². The summed E-state index contributed by atoms with van der Waals surface area (Å²) in [6.07, 6.45) is 0. The SMILES string of the molecule is CCN(C)c1nc(-c2ccc(F)cc2F)c2c(N)n(-c3ccc(Cl)cc3)nc2n1. The zero-order valence-electron chi connectivity index (χ0n) is 15.7. The summed E-state index contributed by atoms with van der Waals surface area (Å²) in [6.45, 7) is 2.57. The van der Waals surface area contributed by atoms with Gasteiger partial charge in [-0.1, -0.05) is 11.6 Å². The van der Waals surface area contributed by atoms with Crippen LogP contribution >= 0.6 is 11.6 Å². The summed E-state index contributed by atoms with van der Waals surface area (Å²) in [6, 6.07) is 10.3. The Bertz CT molecular complexity index is 1210. The normalized spacial score (nSPS) is 11.2. The molecule has 4 rings (SSSR count). The molecule has 0 saturated carbocycles. The van der Waals surface area contributed by atoms with E-state index in [4.69, 9.17) is 17.3 Å². The lowest BCUT2D eigenvalue weighted by Crippen LogP contribution is -2.19. The first kappa shape index (κ1) is 19.1. The molecular weight excluding hydrogens is 398 g/mol. The second kappa shape index (κ2) is 7.29. The summed E-state index contributed by atoms with van der Waals surface area (Å²) in [4.78, 5) is 10.8. The van der Waals surface area contributed by atoms with Gasteiger partial charge < -0.3 is 10.6 Å². The van der Waals surface area contributed by atoms with Crippen LogP contribution in [0, 0.1) is 11.6 Å². The van der Waals surface area contributed by atoms with E-state index in [1.165, 1.54) is 16.8 Å². The third kappa shape index (κ3) is 3.36. The van der Waals surface area contributed by atoms with Gasteiger partial charge in [0.05, 0.1) is 16.8 Å². The zero-order valence-corrected chi connectivity index (χ0v) is 16.5. The van der Waals surface area contributed by atoms with Gasteiger partial charge in [0, 0.05) is 30.2 Å². The number of benzene rings is 2. The van der Waals surface area contributed by atoms with Gasteiger partial charge in [-0.05, 0) is 43.3 Å². The summed E-state index contributed by atoms with van der Waals surface area (Å²) < 4.78 is 29.5. The quantitative estimate of drug-likeness (QED) is 0.534. The molecule has 2 heterocycles. The van der Waals surface area contributed by atoms with E-state index < -0.39 is 11.6 Å². The highest BCUT2D eigenvalue weighted by atomic mass is 35.5. The molecule has 0 saturated heterocycles. The van der Waals surface area contributed by atoms with Crippen LogP contribution in [0.4, 0.5) is 20.5 Å². The van der Waals surface area contributed by atoms with Crippen LogP contribution in [-0.2, 0) is 0 Å². The molecule has 148 valence electrons. The van der Waals surface area contributed by atoms with Gasteiger partial charge in [-0.15, -0.1) is 5.10 Å². The highest BCUT2D eigenvalue weighted by Gasteiger charge is 2.22. The number of aromatic nitrogens is 4. The van der Waals surface area contributed by atoms with Crippen molar-refractivity contribution in [1.82, 2.24) is 19.7 Å². The zero-order chi connectivity index (χ0) is 20.7. The van der Waals surface area contributed by atoms with Crippen molar-refractivity contribution in [1.29, 1.82) is 0 Å². The van der Waals surface area contributed by atoms with Gasteiger partial charge in [-0.25, -0.2) is 18.4 Å². The molecule has 0 atom stereocenters. The van der Waals surface area contributed by atoms with E-state index in [0.717, 1.165) is 6.07 Å². The maximum atomic E-state index is 14.6. The summed E-state index contributed by atoms with van der Waals surface area (Å²) in [5, 5.41) is 5.46. The lowest BCUT2D eigenvalue weighted by Gasteiger charge is -2.15. The molecule has 2 aromatic heterocycles. The van der Waals surface area contributed by atoms with Gasteiger partial charge >= 0.3 is 0 Å². The van der Waals surface area contributed by atoms with Crippen LogP contribution in [0.15, 0.2) is 42.5 Å². The average molecular weight is 415 g/mol. The molecule has 29 heavy (non-hydrogen) atoms. The molecule has 0 amide bonds. The highest BCUT2D eigenvalue weighted by Crippen LogP contribution is 2.34. The van der Waals surface area contributed by atoms with E-state index in [1.54, 1.807) is 29.2 Å². The predicted molar refractivity (Wildman–Crippen MR) is 110 cm³/mol. The molecule has 0 spiro atoms. The minimum absolute atomic E-state index is 0.118. The van der Waals surface area contributed by atoms with Gasteiger partial charge in [0.15, 0.2) is 5.65 Å². The molecule has 0 aliphatic carbocycles. The van der Waals surface area contributed by atoms with E-state index >= 15 is 0 Å². The van der Waals surface area contributed by atoms with Crippen molar-refractivity contribution in [3.63, 3.8) is 0 Å². The molecule has 9 heteroatoms. The first-order chi connectivity index (χ1) is 13.9. The second-order valence-electron chi connectivity index (χ2n) is 6.48. The van der Waals surface area contributed by atoms with Crippen LogP contribution in [0.1, 0.15) is 6.92 Å². The first-order valence-corrected chi connectivity index (χ1v) is 9.25. The third-order valence-corrected chi connectivity index (χ3v) is 4.88. The fourth-order valence-corrected chi connectivity index (χ4v) is 3.09. The molecule has 0 aliphatic heterocycles. The summed E-state index contributed by atoms with van der Waals surface area (Å²) in [5.41, 5.74) is 7.71. The molecule has 0 aliphatic rings. The Morgan fingerprint density at radius 2 is 1.83 bits per heavy atom. The van der Waals surface area contributed by atoms with Crippen molar-refractivity contribution in [2.45, 2.75) is 6.92 Å². The van der Waals surface area contributed by atoms with Crippen molar-refractivity contribution in [3.05, 3.63) is 59.1 Å². The van der Waals surface area contributed by atoms with Gasteiger partial charge in [0.1, 0.15) is 17.5 Å². The fourth-order valence-electron chi connectivity index (χ4n) is 2.97. The van der Waals surface area contributed by atoms with Crippen molar-refractivity contribution in [2.24, 2.45) is 0 Å². The third-order valence-electron chi connectivity index (χ3n) is 4.63. The number of hydrogen-bond acceptors (Lipinski definition) is 5. The predicted octanol–water partition coefficient (Wildman–Crippen LogP) is 4.45. The summed E-state index contributed by atoms with van der Waals surface area (Å²) >= 11 is 5.96. The van der Waals surface area contributed by atoms with Crippen LogP contribution in [0.2, 0.25) is 5.02 Å². The van der Waals surface area contributed by atoms with Crippen LogP contribution in [0.3, 0.4) is 0 Å². The van der Waals surface area contributed by atoms with Gasteiger partial charge in [0.25, 0.3) is 0 Å². The number of halogens is 3.